The van der Waals surface area contributed by atoms with Gasteiger partial charge in [0.05, 0.1) is 16.7 Å². The van der Waals surface area contributed by atoms with Gasteiger partial charge in [-0.15, -0.1) is 0 Å². The van der Waals surface area contributed by atoms with Gasteiger partial charge in [-0.1, -0.05) is 6.07 Å². The summed E-state index contributed by atoms with van der Waals surface area (Å²) >= 11 is 0. The van der Waals surface area contributed by atoms with Gasteiger partial charge in [-0.25, -0.2) is 0 Å². The van der Waals surface area contributed by atoms with Gasteiger partial charge in [0, 0.05) is 17.0 Å². The van der Waals surface area contributed by atoms with Gasteiger partial charge in [-0.2, -0.15) is 0 Å². The number of nitrogens with zero attached hydrogens (tertiary/aromatic N) is 1. The molecule has 1 aromatic carbocycles. The van der Waals surface area contributed by atoms with E-state index in [0.29, 0.717) is 0 Å². The minimum atomic E-state index is -0.431. The van der Waals surface area contributed by atoms with E-state index in [0.717, 1.165) is 16.4 Å². The molecule has 4 nitrogen and oxygen atoms in total. The van der Waals surface area contributed by atoms with E-state index in [1.54, 1.807) is 24.4 Å². The van der Waals surface area contributed by atoms with Crippen molar-refractivity contribution >= 4 is 23.5 Å². The molecule has 0 bridgehead atoms. The van der Waals surface area contributed by atoms with Crippen LogP contribution in [-0.4, -0.2) is 28.4 Å². The number of rotatable bonds is 1. The minimum absolute atomic E-state index is 0.227. The molecule has 1 aliphatic rings. The number of hydrogen-bond acceptors (Lipinski definition) is 4. The lowest BCUT2D eigenvalue weighted by atomic mass is 9.80. The third-order valence-electron chi connectivity index (χ3n) is 4.21. The quantitative estimate of drug-likeness (QED) is 0.808. The largest absolute Gasteiger partial charge is 0.508 e. The Morgan fingerprint density at radius 2 is 1.70 bits per heavy atom. The predicted molar refractivity (Wildman–Crippen MR) is 79.1 cm³/mol. The Labute approximate surface area is 118 Å². The van der Waals surface area contributed by atoms with Gasteiger partial charge in [-0.05, 0) is 45.9 Å². The molecule has 0 atom stereocenters. The highest BCUT2D eigenvalue weighted by molar-refractivity contribution is 6.62. The molecule has 0 unspecified atom stereocenters. The number of pyridine rings is 1. The highest BCUT2D eigenvalue weighted by Crippen LogP contribution is 2.36. The van der Waals surface area contributed by atoms with Crippen LogP contribution in [-0.2, 0) is 9.31 Å². The van der Waals surface area contributed by atoms with Crippen LogP contribution in [0.3, 0.4) is 0 Å². The number of benzene rings is 1. The van der Waals surface area contributed by atoms with E-state index in [2.05, 4.69) is 4.98 Å². The van der Waals surface area contributed by atoms with Crippen LogP contribution in [0.5, 0.6) is 5.75 Å². The van der Waals surface area contributed by atoms with Crippen LogP contribution in [0, 0.1) is 0 Å². The molecule has 1 fully saturated rings. The summed E-state index contributed by atoms with van der Waals surface area (Å²) in [6.07, 6.45) is 1.77. The molecule has 0 spiro atoms. The lowest BCUT2D eigenvalue weighted by Gasteiger charge is -2.32. The van der Waals surface area contributed by atoms with E-state index < -0.39 is 7.12 Å². The number of phenolic OH excluding ortho intramolecular Hbond substituents is 1. The summed E-state index contributed by atoms with van der Waals surface area (Å²) in [7, 11) is -0.431. The summed E-state index contributed by atoms with van der Waals surface area (Å²) in [5, 5.41) is 10.4. The Morgan fingerprint density at radius 1 is 1.05 bits per heavy atom. The summed E-state index contributed by atoms with van der Waals surface area (Å²) in [5.41, 5.74) is 0.960. The Bertz CT molecular complexity index is 653. The van der Waals surface area contributed by atoms with E-state index in [1.165, 1.54) is 0 Å². The van der Waals surface area contributed by atoms with Crippen molar-refractivity contribution in [1.82, 2.24) is 4.98 Å². The Hall–Kier alpha value is -1.59. The summed E-state index contributed by atoms with van der Waals surface area (Å²) in [4.78, 5) is 4.39. The van der Waals surface area contributed by atoms with Crippen molar-refractivity contribution < 1.29 is 14.4 Å². The van der Waals surface area contributed by atoms with Crippen molar-refractivity contribution in [3.8, 4) is 5.75 Å². The average Bonchev–Trinajstić information content (AvgIpc) is 2.57. The maximum Gasteiger partial charge on any atom is 0.496 e. The van der Waals surface area contributed by atoms with E-state index in [1.807, 2.05) is 33.8 Å². The van der Waals surface area contributed by atoms with E-state index in [-0.39, 0.29) is 17.0 Å². The monoisotopic (exact) mass is 271 g/mol. The van der Waals surface area contributed by atoms with Crippen molar-refractivity contribution in [2.45, 2.75) is 38.9 Å². The fourth-order valence-electron chi connectivity index (χ4n) is 2.24. The highest BCUT2D eigenvalue weighted by Gasteiger charge is 2.51. The van der Waals surface area contributed by atoms with Crippen molar-refractivity contribution in [3.63, 3.8) is 0 Å². The Balaban J connectivity index is 2.00. The van der Waals surface area contributed by atoms with Gasteiger partial charge in [0.2, 0.25) is 0 Å². The Morgan fingerprint density at radius 3 is 2.35 bits per heavy atom. The molecular weight excluding hydrogens is 253 g/mol. The van der Waals surface area contributed by atoms with Crippen molar-refractivity contribution in [2.24, 2.45) is 0 Å². The first-order valence-corrected chi connectivity index (χ1v) is 6.73. The van der Waals surface area contributed by atoms with E-state index >= 15 is 0 Å². The molecule has 3 rings (SSSR count). The molecule has 1 aromatic heterocycles. The number of fused-ring (bicyclic) bond motifs is 1. The molecule has 0 amide bonds. The van der Waals surface area contributed by atoms with Gasteiger partial charge in [0.15, 0.2) is 0 Å². The summed E-state index contributed by atoms with van der Waals surface area (Å²) < 4.78 is 12.0. The zero-order chi connectivity index (χ0) is 14.5. The third kappa shape index (κ3) is 2.07. The standard InChI is InChI=1S/C15H18BNO3/c1-14(2)15(3,4)20-16(19-14)11-7-10-8-12(18)5-6-13(10)17-9-11/h5-9,18H,1-4H3. The minimum Gasteiger partial charge on any atom is -0.508 e. The first-order valence-electron chi connectivity index (χ1n) is 6.73. The lowest BCUT2D eigenvalue weighted by Crippen LogP contribution is -2.41. The topological polar surface area (TPSA) is 51.6 Å². The molecule has 2 heterocycles. The molecule has 0 aliphatic carbocycles. The first-order chi connectivity index (χ1) is 9.28. The van der Waals surface area contributed by atoms with Crippen LogP contribution >= 0.6 is 0 Å². The summed E-state index contributed by atoms with van der Waals surface area (Å²) in [6, 6.07) is 7.06. The normalized spacial score (nSPS) is 20.5. The van der Waals surface area contributed by atoms with Crippen LogP contribution < -0.4 is 5.46 Å². The van der Waals surface area contributed by atoms with E-state index in [9.17, 15) is 5.11 Å². The third-order valence-corrected chi connectivity index (χ3v) is 4.21. The highest BCUT2D eigenvalue weighted by atomic mass is 16.7. The molecule has 2 aromatic rings. The molecule has 5 heteroatoms. The fourth-order valence-corrected chi connectivity index (χ4v) is 2.24. The fraction of sp³-hybridized carbons (Fsp3) is 0.400. The van der Waals surface area contributed by atoms with Crippen LogP contribution in [0.1, 0.15) is 27.7 Å². The molecule has 1 saturated heterocycles. The molecule has 0 radical (unpaired) electrons. The molecule has 1 N–H and O–H groups in total. The predicted octanol–water partition coefficient (Wildman–Crippen LogP) is 2.24. The van der Waals surface area contributed by atoms with E-state index in [4.69, 9.17) is 9.31 Å². The number of aromatic hydroxyl groups is 1. The smallest absolute Gasteiger partial charge is 0.496 e. The van der Waals surface area contributed by atoms with Crippen molar-refractivity contribution in [2.75, 3.05) is 0 Å². The number of hydrogen-bond donors (Lipinski definition) is 1. The van der Waals surface area contributed by atoms with Gasteiger partial charge in [-0.3, -0.25) is 4.98 Å². The average molecular weight is 271 g/mol. The lowest BCUT2D eigenvalue weighted by molar-refractivity contribution is 0.00578. The van der Waals surface area contributed by atoms with Crippen molar-refractivity contribution in [1.29, 1.82) is 0 Å². The zero-order valence-corrected chi connectivity index (χ0v) is 12.2. The van der Waals surface area contributed by atoms with Gasteiger partial charge >= 0.3 is 7.12 Å². The van der Waals surface area contributed by atoms with Crippen molar-refractivity contribution in [3.05, 3.63) is 30.5 Å². The van der Waals surface area contributed by atoms with Gasteiger partial charge in [0.1, 0.15) is 5.75 Å². The molecule has 20 heavy (non-hydrogen) atoms. The first kappa shape index (κ1) is 13.4. The number of phenols is 1. The van der Waals surface area contributed by atoms with Gasteiger partial charge in [0.25, 0.3) is 0 Å². The summed E-state index contributed by atoms with van der Waals surface area (Å²) in [5.74, 6) is 0.227. The molecule has 1 aliphatic heterocycles. The Kier molecular flexibility index (Phi) is 2.82. The molecular formula is C15H18BNO3. The maximum atomic E-state index is 9.56. The second-order valence-electron chi connectivity index (χ2n) is 6.23. The zero-order valence-electron chi connectivity index (χ0n) is 12.2. The number of aromatic nitrogens is 1. The van der Waals surface area contributed by atoms with Crippen LogP contribution in [0.25, 0.3) is 10.9 Å². The van der Waals surface area contributed by atoms with Crippen LogP contribution in [0.2, 0.25) is 0 Å². The molecule has 0 saturated carbocycles. The second-order valence-corrected chi connectivity index (χ2v) is 6.23. The summed E-state index contributed by atoms with van der Waals surface area (Å²) in [6.45, 7) is 8.08. The second kappa shape index (κ2) is 4.20. The maximum absolute atomic E-state index is 9.56. The molecule has 104 valence electrons. The SMILES string of the molecule is CC1(C)OB(c2cnc3ccc(O)cc3c2)OC1(C)C. The van der Waals surface area contributed by atoms with Gasteiger partial charge < -0.3 is 14.4 Å². The van der Waals surface area contributed by atoms with Crippen LogP contribution in [0.4, 0.5) is 0 Å². The van der Waals surface area contributed by atoms with Crippen LogP contribution in [0.15, 0.2) is 30.5 Å².